The predicted molar refractivity (Wildman–Crippen MR) is 83.0 cm³/mol. The van der Waals surface area contributed by atoms with Gasteiger partial charge in [0.15, 0.2) is 0 Å². The number of hydrogen-bond acceptors (Lipinski definition) is 3. The van der Waals surface area contributed by atoms with Crippen molar-refractivity contribution in [3.8, 4) is 0 Å². The van der Waals surface area contributed by atoms with Gasteiger partial charge in [-0.15, -0.1) is 0 Å². The Morgan fingerprint density at radius 2 is 2.05 bits per heavy atom. The van der Waals surface area contributed by atoms with Crippen molar-refractivity contribution in [1.29, 1.82) is 0 Å². The number of imidazole rings is 1. The zero-order valence-electron chi connectivity index (χ0n) is 12.6. The molecule has 1 atom stereocenters. The average Bonchev–Trinajstić information content (AvgIpc) is 2.73. The lowest BCUT2D eigenvalue weighted by Gasteiger charge is -2.25. The first-order valence-electron chi connectivity index (χ1n) is 7.01. The van der Waals surface area contributed by atoms with E-state index in [4.69, 9.17) is 5.73 Å². The molecule has 2 aromatic rings. The van der Waals surface area contributed by atoms with Gasteiger partial charge in [0.05, 0.1) is 17.1 Å². The molecule has 1 amide bonds. The first kappa shape index (κ1) is 15.3. The van der Waals surface area contributed by atoms with Crippen LogP contribution in [0.2, 0.25) is 0 Å². The zero-order valence-corrected chi connectivity index (χ0v) is 12.6. The Morgan fingerprint density at radius 1 is 1.38 bits per heavy atom. The molecular weight excluding hydrogens is 268 g/mol. The van der Waals surface area contributed by atoms with Gasteiger partial charge in [-0.3, -0.25) is 9.36 Å². The van der Waals surface area contributed by atoms with Crippen LogP contribution in [0.3, 0.4) is 0 Å². The summed E-state index contributed by atoms with van der Waals surface area (Å²) in [5, 5.41) is 2.78. The number of nitrogens with zero attached hydrogens (tertiary/aromatic N) is 1. The largest absolute Gasteiger partial charge is 0.353 e. The van der Waals surface area contributed by atoms with E-state index in [0.717, 1.165) is 11.0 Å². The molecule has 6 nitrogen and oxygen atoms in total. The van der Waals surface area contributed by atoms with Crippen molar-refractivity contribution in [1.82, 2.24) is 14.9 Å². The van der Waals surface area contributed by atoms with E-state index < -0.39 is 6.04 Å². The van der Waals surface area contributed by atoms with E-state index in [1.165, 1.54) is 0 Å². The molecule has 21 heavy (non-hydrogen) atoms. The van der Waals surface area contributed by atoms with Gasteiger partial charge in [0.2, 0.25) is 5.91 Å². The Kier molecular flexibility index (Phi) is 4.18. The second-order valence-corrected chi connectivity index (χ2v) is 6.23. The van der Waals surface area contributed by atoms with Gasteiger partial charge in [-0.2, -0.15) is 0 Å². The summed E-state index contributed by atoms with van der Waals surface area (Å²) in [7, 11) is 0. The summed E-state index contributed by atoms with van der Waals surface area (Å²) in [6.45, 7) is 6.53. The normalized spacial score (nSPS) is 13.3. The molecule has 0 fully saturated rings. The third-order valence-electron chi connectivity index (χ3n) is 3.53. The minimum atomic E-state index is -0.572. The fourth-order valence-electron chi connectivity index (χ4n) is 2.12. The van der Waals surface area contributed by atoms with Crippen molar-refractivity contribution in [2.75, 3.05) is 6.54 Å². The SMILES string of the molecule is CC(C)(C)[C@H](N)C(=O)NCCn1c(=O)[nH]c2ccccc21. The van der Waals surface area contributed by atoms with E-state index >= 15 is 0 Å². The summed E-state index contributed by atoms with van der Waals surface area (Å²) < 4.78 is 1.61. The maximum absolute atomic E-state index is 11.9. The minimum Gasteiger partial charge on any atom is -0.353 e. The molecule has 1 aromatic carbocycles. The lowest BCUT2D eigenvalue weighted by atomic mass is 9.87. The summed E-state index contributed by atoms with van der Waals surface area (Å²) in [4.78, 5) is 26.6. The molecule has 1 heterocycles. The fourth-order valence-corrected chi connectivity index (χ4v) is 2.12. The highest BCUT2D eigenvalue weighted by molar-refractivity contribution is 5.82. The molecule has 0 unspecified atom stereocenters. The zero-order chi connectivity index (χ0) is 15.6. The van der Waals surface area contributed by atoms with Crippen LogP contribution in [0, 0.1) is 5.41 Å². The van der Waals surface area contributed by atoms with E-state index in [0.29, 0.717) is 13.1 Å². The summed E-state index contributed by atoms with van der Waals surface area (Å²) in [5.41, 5.74) is 7.04. The number of amides is 1. The molecule has 0 bridgehead atoms. The number of carbonyl (C=O) groups excluding carboxylic acids is 1. The Labute approximate surface area is 123 Å². The van der Waals surface area contributed by atoms with E-state index in [2.05, 4.69) is 10.3 Å². The van der Waals surface area contributed by atoms with Gasteiger partial charge in [-0.1, -0.05) is 32.9 Å². The topological polar surface area (TPSA) is 92.9 Å². The molecule has 0 aliphatic rings. The number of benzene rings is 1. The molecule has 0 aliphatic carbocycles. The monoisotopic (exact) mass is 290 g/mol. The second-order valence-electron chi connectivity index (χ2n) is 6.23. The van der Waals surface area contributed by atoms with Crippen LogP contribution in [0.5, 0.6) is 0 Å². The van der Waals surface area contributed by atoms with Crippen LogP contribution in [-0.4, -0.2) is 28.0 Å². The van der Waals surface area contributed by atoms with Crippen molar-refractivity contribution in [2.45, 2.75) is 33.4 Å². The summed E-state index contributed by atoms with van der Waals surface area (Å²) >= 11 is 0. The highest BCUT2D eigenvalue weighted by Gasteiger charge is 2.27. The first-order valence-corrected chi connectivity index (χ1v) is 7.01. The Morgan fingerprint density at radius 3 is 2.71 bits per heavy atom. The summed E-state index contributed by atoms with van der Waals surface area (Å²) in [5.74, 6) is -0.199. The standard InChI is InChI=1S/C15H22N4O2/c1-15(2,3)12(16)13(20)17-8-9-19-11-7-5-4-6-10(11)18-14(19)21/h4-7,12H,8-9,16H2,1-3H3,(H,17,20)(H,18,21)/t12-/m1/s1. The number of aromatic amines is 1. The van der Waals surface area contributed by atoms with Gasteiger partial charge in [-0.25, -0.2) is 4.79 Å². The van der Waals surface area contributed by atoms with Crippen LogP contribution in [0.15, 0.2) is 29.1 Å². The number of H-pyrrole nitrogens is 1. The van der Waals surface area contributed by atoms with Gasteiger partial charge in [-0.05, 0) is 17.5 Å². The number of para-hydroxylation sites is 2. The minimum absolute atomic E-state index is 0.175. The molecule has 0 saturated carbocycles. The molecular formula is C15H22N4O2. The van der Waals surface area contributed by atoms with Gasteiger partial charge in [0.1, 0.15) is 0 Å². The number of aromatic nitrogens is 2. The van der Waals surface area contributed by atoms with Crippen LogP contribution < -0.4 is 16.7 Å². The summed E-state index contributed by atoms with van der Waals surface area (Å²) in [6, 6.07) is 6.89. The van der Waals surface area contributed by atoms with Crippen molar-refractivity contribution >= 4 is 16.9 Å². The molecule has 1 aromatic heterocycles. The first-order chi connectivity index (χ1) is 9.80. The third-order valence-corrected chi connectivity index (χ3v) is 3.53. The summed E-state index contributed by atoms with van der Waals surface area (Å²) in [6.07, 6.45) is 0. The highest BCUT2D eigenvalue weighted by atomic mass is 16.2. The predicted octanol–water partition coefficient (Wildman–Crippen LogP) is 0.819. The number of nitrogens with one attached hydrogen (secondary N) is 2. The molecule has 0 radical (unpaired) electrons. The number of hydrogen-bond donors (Lipinski definition) is 3. The lowest BCUT2D eigenvalue weighted by molar-refractivity contribution is -0.124. The number of fused-ring (bicyclic) bond motifs is 1. The van der Waals surface area contributed by atoms with Crippen molar-refractivity contribution in [3.63, 3.8) is 0 Å². The molecule has 114 valence electrons. The maximum Gasteiger partial charge on any atom is 0.326 e. The van der Waals surface area contributed by atoms with Gasteiger partial charge in [0.25, 0.3) is 0 Å². The number of nitrogens with two attached hydrogens (primary N) is 1. The van der Waals surface area contributed by atoms with Crippen molar-refractivity contribution in [3.05, 3.63) is 34.7 Å². The molecule has 4 N–H and O–H groups in total. The second kappa shape index (κ2) is 5.73. The Hall–Kier alpha value is -2.08. The fraction of sp³-hybridized carbons (Fsp3) is 0.467. The van der Waals surface area contributed by atoms with E-state index in [1.807, 2.05) is 45.0 Å². The van der Waals surface area contributed by atoms with Gasteiger partial charge >= 0.3 is 5.69 Å². The lowest BCUT2D eigenvalue weighted by Crippen LogP contribution is -2.49. The molecule has 0 saturated heterocycles. The quantitative estimate of drug-likeness (QED) is 0.778. The van der Waals surface area contributed by atoms with Crippen LogP contribution in [0.1, 0.15) is 20.8 Å². The Balaban J connectivity index is 2.02. The van der Waals surface area contributed by atoms with Crippen LogP contribution >= 0.6 is 0 Å². The number of rotatable bonds is 4. The van der Waals surface area contributed by atoms with Crippen molar-refractivity contribution < 1.29 is 4.79 Å². The third kappa shape index (κ3) is 3.33. The van der Waals surface area contributed by atoms with E-state index in [-0.39, 0.29) is 17.0 Å². The smallest absolute Gasteiger partial charge is 0.326 e. The van der Waals surface area contributed by atoms with E-state index in [9.17, 15) is 9.59 Å². The molecule has 0 aliphatic heterocycles. The molecule has 6 heteroatoms. The van der Waals surface area contributed by atoms with E-state index in [1.54, 1.807) is 4.57 Å². The average molecular weight is 290 g/mol. The van der Waals surface area contributed by atoms with Gasteiger partial charge in [0, 0.05) is 13.1 Å². The van der Waals surface area contributed by atoms with Crippen LogP contribution in [-0.2, 0) is 11.3 Å². The van der Waals surface area contributed by atoms with Gasteiger partial charge < -0.3 is 16.0 Å². The van der Waals surface area contributed by atoms with Crippen LogP contribution in [0.4, 0.5) is 0 Å². The highest BCUT2D eigenvalue weighted by Crippen LogP contribution is 2.17. The Bertz CT molecular complexity index is 693. The van der Waals surface area contributed by atoms with Crippen LogP contribution in [0.25, 0.3) is 11.0 Å². The number of carbonyl (C=O) groups is 1. The molecule has 2 rings (SSSR count). The maximum atomic E-state index is 11.9. The molecule has 0 spiro atoms. The van der Waals surface area contributed by atoms with Crippen molar-refractivity contribution in [2.24, 2.45) is 11.1 Å².